The number of alkyl halides is 1. The molecule has 0 heterocycles. The van der Waals surface area contributed by atoms with E-state index in [0.29, 0.717) is 4.83 Å². The first-order valence-electron chi connectivity index (χ1n) is 4.57. The Balaban J connectivity index is 2.41. The van der Waals surface area contributed by atoms with E-state index in [0.717, 1.165) is 24.8 Å². The second-order valence-electron chi connectivity index (χ2n) is 3.26. The molecule has 0 aliphatic heterocycles. The average molecular weight is 245 g/mol. The maximum atomic E-state index is 13.1. The topological polar surface area (TPSA) is 0 Å². The first kappa shape index (κ1) is 10.7. The molecule has 0 aliphatic rings. The number of rotatable bonds is 4. The lowest BCUT2D eigenvalue weighted by Gasteiger charge is -2.04. The quantitative estimate of drug-likeness (QED) is 0.705. The van der Waals surface area contributed by atoms with Crippen LogP contribution in [0.15, 0.2) is 24.3 Å². The monoisotopic (exact) mass is 244 g/mol. The van der Waals surface area contributed by atoms with Gasteiger partial charge in [-0.05, 0) is 30.9 Å². The van der Waals surface area contributed by atoms with E-state index in [1.807, 2.05) is 12.1 Å². The molecule has 0 radical (unpaired) electrons. The zero-order valence-corrected chi connectivity index (χ0v) is 9.35. The van der Waals surface area contributed by atoms with Gasteiger partial charge in [-0.15, -0.1) is 0 Å². The molecule has 2 heteroatoms. The van der Waals surface area contributed by atoms with E-state index in [-0.39, 0.29) is 5.82 Å². The second kappa shape index (κ2) is 5.38. The maximum absolute atomic E-state index is 13.1. The Hall–Kier alpha value is -0.370. The molecule has 0 spiro atoms. The highest BCUT2D eigenvalue weighted by Crippen LogP contribution is 2.13. The molecule has 0 aliphatic carbocycles. The predicted octanol–water partition coefficient (Wildman–Crippen LogP) is 3.93. The summed E-state index contributed by atoms with van der Waals surface area (Å²) >= 11 is 3.47. The van der Waals surface area contributed by atoms with Crippen LogP contribution in [-0.4, -0.2) is 4.83 Å². The van der Waals surface area contributed by atoms with E-state index in [2.05, 4.69) is 22.9 Å². The highest BCUT2D eigenvalue weighted by atomic mass is 79.9. The van der Waals surface area contributed by atoms with E-state index in [4.69, 9.17) is 0 Å². The van der Waals surface area contributed by atoms with Crippen molar-refractivity contribution < 1.29 is 4.39 Å². The molecule has 0 fully saturated rings. The third-order valence-electron chi connectivity index (χ3n) is 2.01. The van der Waals surface area contributed by atoms with E-state index >= 15 is 0 Å². The molecule has 1 aromatic carbocycles. The van der Waals surface area contributed by atoms with Crippen LogP contribution in [0, 0.1) is 5.82 Å². The van der Waals surface area contributed by atoms with Crippen molar-refractivity contribution in [3.63, 3.8) is 0 Å². The highest BCUT2D eigenvalue weighted by molar-refractivity contribution is 9.09. The SMILES string of the molecule is CC(Br)CCCc1ccccc1F. The molecule has 0 amide bonds. The normalized spacial score (nSPS) is 12.8. The number of hydrogen-bond acceptors (Lipinski definition) is 0. The summed E-state index contributed by atoms with van der Waals surface area (Å²) in [6.07, 6.45) is 2.96. The molecule has 1 unspecified atom stereocenters. The minimum Gasteiger partial charge on any atom is -0.207 e. The first-order valence-corrected chi connectivity index (χ1v) is 5.49. The largest absolute Gasteiger partial charge is 0.207 e. The Labute approximate surface area is 87.3 Å². The summed E-state index contributed by atoms with van der Waals surface area (Å²) in [6.45, 7) is 2.11. The predicted molar refractivity (Wildman–Crippen MR) is 57.7 cm³/mol. The van der Waals surface area contributed by atoms with Gasteiger partial charge in [0.05, 0.1) is 0 Å². The van der Waals surface area contributed by atoms with E-state index in [1.165, 1.54) is 6.07 Å². The summed E-state index contributed by atoms with van der Waals surface area (Å²) in [5.41, 5.74) is 0.829. The molecular weight excluding hydrogens is 231 g/mol. The number of benzene rings is 1. The van der Waals surface area contributed by atoms with E-state index in [9.17, 15) is 4.39 Å². The van der Waals surface area contributed by atoms with Gasteiger partial charge in [0.1, 0.15) is 5.82 Å². The zero-order chi connectivity index (χ0) is 9.68. The van der Waals surface area contributed by atoms with Crippen LogP contribution in [0.25, 0.3) is 0 Å². The van der Waals surface area contributed by atoms with Gasteiger partial charge >= 0.3 is 0 Å². The summed E-state index contributed by atoms with van der Waals surface area (Å²) in [4.78, 5) is 0.527. The molecule has 1 rings (SSSR count). The average Bonchev–Trinajstić information content (AvgIpc) is 2.08. The van der Waals surface area contributed by atoms with Gasteiger partial charge in [0.15, 0.2) is 0 Å². The van der Waals surface area contributed by atoms with Gasteiger partial charge in [-0.2, -0.15) is 0 Å². The van der Waals surface area contributed by atoms with Gasteiger partial charge in [-0.3, -0.25) is 0 Å². The van der Waals surface area contributed by atoms with Crippen LogP contribution < -0.4 is 0 Å². The van der Waals surface area contributed by atoms with Gasteiger partial charge in [0, 0.05) is 4.83 Å². The van der Waals surface area contributed by atoms with Crippen LogP contribution >= 0.6 is 15.9 Å². The zero-order valence-electron chi connectivity index (χ0n) is 7.76. The maximum Gasteiger partial charge on any atom is 0.126 e. The number of halogens is 2. The fourth-order valence-corrected chi connectivity index (χ4v) is 1.60. The summed E-state index contributed by atoms with van der Waals surface area (Å²) < 4.78 is 13.1. The highest BCUT2D eigenvalue weighted by Gasteiger charge is 2.01. The van der Waals surface area contributed by atoms with Crippen molar-refractivity contribution in [1.29, 1.82) is 0 Å². The van der Waals surface area contributed by atoms with Crippen molar-refractivity contribution >= 4 is 15.9 Å². The molecule has 0 saturated carbocycles. The van der Waals surface area contributed by atoms with Crippen LogP contribution in [-0.2, 0) is 6.42 Å². The molecule has 0 nitrogen and oxygen atoms in total. The van der Waals surface area contributed by atoms with Gasteiger partial charge in [0.2, 0.25) is 0 Å². The molecule has 13 heavy (non-hydrogen) atoms. The third kappa shape index (κ3) is 3.90. The molecule has 0 N–H and O–H groups in total. The fraction of sp³-hybridized carbons (Fsp3) is 0.455. The summed E-state index contributed by atoms with van der Waals surface area (Å²) in [6, 6.07) is 6.99. The first-order chi connectivity index (χ1) is 6.20. The van der Waals surface area contributed by atoms with Crippen LogP contribution in [0.2, 0.25) is 0 Å². The standard InChI is InChI=1S/C11H14BrF/c1-9(12)5-4-7-10-6-2-3-8-11(10)13/h2-3,6,8-9H,4-5,7H2,1H3. The number of aryl methyl sites for hydroxylation is 1. The number of hydrogen-bond donors (Lipinski definition) is 0. The lowest BCUT2D eigenvalue weighted by atomic mass is 10.1. The molecular formula is C11H14BrF. The van der Waals surface area contributed by atoms with Gasteiger partial charge in [0.25, 0.3) is 0 Å². The molecule has 1 atom stereocenters. The van der Waals surface area contributed by atoms with Crippen molar-refractivity contribution in [2.24, 2.45) is 0 Å². The van der Waals surface area contributed by atoms with Gasteiger partial charge in [-0.25, -0.2) is 4.39 Å². The molecule has 1 aromatic rings. The molecule has 0 saturated heterocycles. The van der Waals surface area contributed by atoms with E-state index in [1.54, 1.807) is 6.07 Å². The third-order valence-corrected chi connectivity index (χ3v) is 2.46. The molecule has 72 valence electrons. The van der Waals surface area contributed by atoms with E-state index < -0.39 is 0 Å². The molecule has 0 aromatic heterocycles. The Morgan fingerprint density at radius 1 is 1.38 bits per heavy atom. The Kier molecular flexibility index (Phi) is 4.43. The molecule has 0 bridgehead atoms. The Morgan fingerprint density at radius 2 is 2.08 bits per heavy atom. The van der Waals surface area contributed by atoms with Gasteiger partial charge in [-0.1, -0.05) is 41.1 Å². The van der Waals surface area contributed by atoms with Crippen LogP contribution in [0.5, 0.6) is 0 Å². The Bertz CT molecular complexity index is 258. The summed E-state index contributed by atoms with van der Waals surface area (Å²) in [7, 11) is 0. The smallest absolute Gasteiger partial charge is 0.126 e. The second-order valence-corrected chi connectivity index (χ2v) is 4.83. The summed E-state index contributed by atoms with van der Waals surface area (Å²) in [5.74, 6) is -0.0790. The van der Waals surface area contributed by atoms with Gasteiger partial charge < -0.3 is 0 Å². The Morgan fingerprint density at radius 3 is 2.69 bits per heavy atom. The van der Waals surface area contributed by atoms with Crippen molar-refractivity contribution in [2.45, 2.75) is 31.0 Å². The summed E-state index contributed by atoms with van der Waals surface area (Å²) in [5, 5.41) is 0. The lowest BCUT2D eigenvalue weighted by molar-refractivity contribution is 0.600. The minimum atomic E-state index is -0.0790. The van der Waals surface area contributed by atoms with Crippen molar-refractivity contribution in [3.8, 4) is 0 Å². The van der Waals surface area contributed by atoms with Crippen molar-refractivity contribution in [2.75, 3.05) is 0 Å². The van der Waals surface area contributed by atoms with Crippen LogP contribution in [0.4, 0.5) is 4.39 Å². The van der Waals surface area contributed by atoms with Crippen LogP contribution in [0.1, 0.15) is 25.3 Å². The lowest BCUT2D eigenvalue weighted by Crippen LogP contribution is -1.94. The van der Waals surface area contributed by atoms with Crippen molar-refractivity contribution in [1.82, 2.24) is 0 Å². The fourth-order valence-electron chi connectivity index (χ4n) is 1.27. The van der Waals surface area contributed by atoms with Crippen LogP contribution in [0.3, 0.4) is 0 Å². The minimum absolute atomic E-state index is 0.0790. The van der Waals surface area contributed by atoms with Crippen molar-refractivity contribution in [3.05, 3.63) is 35.6 Å².